The van der Waals surface area contributed by atoms with Crippen molar-refractivity contribution in [3.05, 3.63) is 115 Å². The minimum Gasteiger partial charge on any atom is -0.507 e. The molecule has 0 unspecified atom stereocenters. The number of hydrogen-bond acceptors (Lipinski definition) is 13. The highest BCUT2D eigenvalue weighted by Crippen LogP contribution is 2.43. The van der Waals surface area contributed by atoms with Crippen LogP contribution in [0.4, 0.5) is 0 Å². The van der Waals surface area contributed by atoms with Crippen LogP contribution in [0.3, 0.4) is 0 Å². The van der Waals surface area contributed by atoms with E-state index in [-0.39, 0.29) is 112 Å². The van der Waals surface area contributed by atoms with Crippen molar-refractivity contribution in [1.29, 1.82) is 0 Å². The second kappa shape index (κ2) is 26.0. The van der Waals surface area contributed by atoms with E-state index in [2.05, 4.69) is 0 Å². The Hall–Kier alpha value is -4.46. The van der Waals surface area contributed by atoms with E-state index in [4.69, 9.17) is 14.2 Å². The summed E-state index contributed by atoms with van der Waals surface area (Å²) in [6, 6.07) is 15.4. The number of esters is 3. The fourth-order valence-corrected chi connectivity index (χ4v) is 11.1. The molecule has 0 saturated heterocycles. The summed E-state index contributed by atoms with van der Waals surface area (Å²) in [7, 11) is 0. The Kier molecular flexibility index (Phi) is 21.9. The predicted molar refractivity (Wildman–Crippen MR) is 317 cm³/mol. The Labute approximate surface area is 468 Å². The van der Waals surface area contributed by atoms with E-state index in [0.717, 1.165) is 66.8 Å². The van der Waals surface area contributed by atoms with Crippen LogP contribution in [0.2, 0.25) is 0 Å². The van der Waals surface area contributed by atoms with Crippen LogP contribution >= 0.6 is 35.3 Å². The maximum atomic E-state index is 13.1. The lowest BCUT2D eigenvalue weighted by Crippen LogP contribution is -2.19. The lowest BCUT2D eigenvalue weighted by atomic mass is 9.78. The summed E-state index contributed by atoms with van der Waals surface area (Å²) in [4.78, 5) is 39.4. The van der Waals surface area contributed by atoms with Gasteiger partial charge in [-0.25, -0.2) is 0 Å². The highest BCUT2D eigenvalue weighted by molar-refractivity contribution is 7.99. The molecule has 0 aromatic heterocycles. The molecule has 0 saturated carbocycles. The zero-order chi connectivity index (χ0) is 57.4. The molecule has 76 heavy (non-hydrogen) atoms. The van der Waals surface area contributed by atoms with Crippen LogP contribution in [-0.4, -0.2) is 75.4 Å². The van der Waals surface area contributed by atoms with Crippen molar-refractivity contribution < 1.29 is 49.0 Å². The van der Waals surface area contributed by atoms with Gasteiger partial charge in [0.1, 0.15) is 42.8 Å². The number of phenols is 4. The minimum absolute atomic E-state index is 0.0843. The van der Waals surface area contributed by atoms with E-state index in [9.17, 15) is 34.8 Å². The molecule has 0 fully saturated rings. The average molecular weight is 1100 g/mol. The summed E-state index contributed by atoms with van der Waals surface area (Å²) in [5.41, 5.74) is 7.77. The van der Waals surface area contributed by atoms with Gasteiger partial charge in [-0.1, -0.05) is 173 Å². The number of carbonyl (C=O) groups is 3. The minimum atomic E-state index is -0.349. The Morgan fingerprint density at radius 1 is 0.342 bits per heavy atom. The predicted octanol–water partition coefficient (Wildman–Crippen LogP) is 14.4. The van der Waals surface area contributed by atoms with Gasteiger partial charge in [0.2, 0.25) is 0 Å². The van der Waals surface area contributed by atoms with Crippen LogP contribution in [0.15, 0.2) is 48.5 Å². The number of rotatable bonds is 21. The first-order chi connectivity index (χ1) is 34.9. The Morgan fingerprint density at radius 3 is 0.789 bits per heavy atom. The van der Waals surface area contributed by atoms with Gasteiger partial charge >= 0.3 is 17.9 Å². The third-order valence-corrected chi connectivity index (χ3v) is 15.9. The molecule has 13 heteroatoms. The van der Waals surface area contributed by atoms with Gasteiger partial charge in [-0.2, -0.15) is 35.3 Å². The van der Waals surface area contributed by atoms with E-state index < -0.39 is 0 Å². The van der Waals surface area contributed by atoms with Gasteiger partial charge in [-0.05, 0) is 88.1 Å². The number of benzene rings is 4. The molecule has 0 spiro atoms. The lowest BCUT2D eigenvalue weighted by molar-refractivity contribution is -0.143. The van der Waals surface area contributed by atoms with Crippen LogP contribution in [0.25, 0.3) is 0 Å². The molecule has 0 aliphatic heterocycles. The standard InChI is InChI=1S/C63H90O10S3/c1-58(2,3)45-27-39(28-46(55(45)68)59(4,5)6)33-51(64)71-19-22-74-36-42-25-43(37-75-23-20-72-52(65)34-40-29-47(60(7,8)9)56(69)48(30-40)61(10,11)12)54(67)44(26-42)38-76-24-21-73-53(66)35-41-31-49(62(13,14)15)57(70)50(32-41)63(16,17)18/h25-32,67-70H,19-24,33-38H2,1-18H3. The smallest absolute Gasteiger partial charge is 0.310 e. The van der Waals surface area contributed by atoms with Gasteiger partial charge in [0.05, 0.1) is 19.3 Å². The third kappa shape index (κ3) is 18.9. The van der Waals surface area contributed by atoms with Crippen LogP contribution in [-0.2, 0) is 97.6 Å². The van der Waals surface area contributed by atoms with Crippen molar-refractivity contribution in [2.45, 2.75) is 194 Å². The Bertz CT molecular complexity index is 2430. The second-order valence-electron chi connectivity index (χ2n) is 26.2. The fraction of sp³-hybridized carbons (Fsp3) is 0.571. The molecule has 0 amide bonds. The van der Waals surface area contributed by atoms with Crippen molar-refractivity contribution in [2.75, 3.05) is 37.1 Å². The molecule has 10 nitrogen and oxygen atoms in total. The number of hydrogen-bond donors (Lipinski definition) is 4. The highest BCUT2D eigenvalue weighted by atomic mass is 32.2. The first kappa shape index (κ1) is 64.1. The van der Waals surface area contributed by atoms with E-state index in [0.29, 0.717) is 34.5 Å². The fourth-order valence-electron chi connectivity index (χ4n) is 8.81. The normalized spacial score (nSPS) is 12.7. The van der Waals surface area contributed by atoms with E-state index in [1.165, 1.54) is 0 Å². The third-order valence-electron chi connectivity index (χ3n) is 13.0. The van der Waals surface area contributed by atoms with Gasteiger partial charge in [0, 0.05) is 45.6 Å². The molecule has 4 rings (SSSR count). The zero-order valence-electron chi connectivity index (χ0n) is 49.1. The average Bonchev–Trinajstić information content (AvgIpc) is 3.26. The molecule has 0 aliphatic carbocycles. The zero-order valence-corrected chi connectivity index (χ0v) is 51.5. The molecule has 420 valence electrons. The lowest BCUT2D eigenvalue weighted by Gasteiger charge is -2.28. The molecule has 0 atom stereocenters. The first-order valence-corrected chi connectivity index (χ1v) is 30.0. The summed E-state index contributed by atoms with van der Waals surface area (Å²) in [5.74, 6) is 3.13. The molecule has 0 bridgehead atoms. The van der Waals surface area contributed by atoms with Gasteiger partial charge in [-0.15, -0.1) is 0 Å². The molecule has 4 aromatic rings. The van der Waals surface area contributed by atoms with Crippen LogP contribution in [0.5, 0.6) is 23.0 Å². The van der Waals surface area contributed by atoms with Crippen LogP contribution in [0, 0.1) is 0 Å². The number of phenolic OH excluding ortho intramolecular Hbond substituents is 4. The molecule has 0 radical (unpaired) electrons. The van der Waals surface area contributed by atoms with Gasteiger partial charge in [0.25, 0.3) is 0 Å². The Balaban J connectivity index is 1.40. The summed E-state index contributed by atoms with van der Waals surface area (Å²) >= 11 is 4.73. The highest BCUT2D eigenvalue weighted by Gasteiger charge is 2.30. The molecule has 0 heterocycles. The quantitative estimate of drug-likeness (QED) is 0.0355. The summed E-state index contributed by atoms with van der Waals surface area (Å²) < 4.78 is 17.1. The summed E-state index contributed by atoms with van der Waals surface area (Å²) in [6.07, 6.45) is 0.265. The first-order valence-electron chi connectivity index (χ1n) is 26.5. The van der Waals surface area contributed by atoms with Gasteiger partial charge in [-0.3, -0.25) is 14.4 Å². The topological polar surface area (TPSA) is 160 Å². The van der Waals surface area contributed by atoms with Crippen LogP contribution in [0.1, 0.15) is 191 Å². The van der Waals surface area contributed by atoms with E-state index in [1.807, 2.05) is 173 Å². The van der Waals surface area contributed by atoms with Crippen molar-refractivity contribution >= 4 is 53.2 Å². The molecule has 4 aromatic carbocycles. The maximum Gasteiger partial charge on any atom is 0.310 e. The second-order valence-corrected chi connectivity index (χ2v) is 29.5. The number of aromatic hydroxyl groups is 4. The number of carbonyl (C=O) groups excluding carboxylic acids is 3. The van der Waals surface area contributed by atoms with Crippen molar-refractivity contribution in [3.8, 4) is 23.0 Å². The summed E-state index contributed by atoms with van der Waals surface area (Å²) in [5, 5.41) is 45.0. The largest absolute Gasteiger partial charge is 0.507 e. The van der Waals surface area contributed by atoms with Crippen molar-refractivity contribution in [1.82, 2.24) is 0 Å². The molecular formula is C63H90O10S3. The van der Waals surface area contributed by atoms with Crippen LogP contribution < -0.4 is 0 Å². The van der Waals surface area contributed by atoms with E-state index in [1.54, 1.807) is 35.3 Å². The molecule has 0 aliphatic rings. The van der Waals surface area contributed by atoms with E-state index >= 15 is 0 Å². The SMILES string of the molecule is CC(C)(C)c1cc(CC(=O)OCCSCc2cc(CSCCOC(=O)Cc3cc(C(C)(C)C)c(O)c(C(C)(C)C)c3)c(O)c(CSCCOC(=O)Cc3cc(C(C)(C)C)c(O)c(C(C)(C)C)c3)c2)cc(C(C)(C)C)c1O. The van der Waals surface area contributed by atoms with Crippen molar-refractivity contribution in [2.24, 2.45) is 0 Å². The number of thioether (sulfide) groups is 3. The summed E-state index contributed by atoms with van der Waals surface area (Å²) in [6.45, 7) is 37.4. The molecule has 4 N–H and O–H groups in total. The monoisotopic (exact) mass is 1100 g/mol. The van der Waals surface area contributed by atoms with Gasteiger partial charge < -0.3 is 34.6 Å². The van der Waals surface area contributed by atoms with Gasteiger partial charge in [0.15, 0.2) is 0 Å². The van der Waals surface area contributed by atoms with Crippen molar-refractivity contribution in [3.63, 3.8) is 0 Å². The maximum absolute atomic E-state index is 13.1. The number of ether oxygens (including phenoxy) is 3. The Morgan fingerprint density at radius 2 is 0.566 bits per heavy atom. The molecular weight excluding hydrogens is 1010 g/mol.